The van der Waals surface area contributed by atoms with Crippen LogP contribution in [0.3, 0.4) is 0 Å². The van der Waals surface area contributed by atoms with Crippen LogP contribution in [0, 0.1) is 0 Å². The predicted octanol–water partition coefficient (Wildman–Crippen LogP) is 2.77. The number of carbonyl (C=O) groups is 2. The van der Waals surface area contributed by atoms with Gasteiger partial charge in [0.2, 0.25) is 5.91 Å². The minimum atomic E-state index is -0.262. The Morgan fingerprint density at radius 3 is 2.48 bits per heavy atom. The number of halogens is 1. The number of piperazine rings is 1. The molecule has 8 heteroatoms. The van der Waals surface area contributed by atoms with Gasteiger partial charge in [0.15, 0.2) is 0 Å². The molecule has 2 aromatic rings. The summed E-state index contributed by atoms with van der Waals surface area (Å²) in [5.41, 5.74) is 1.77. The standard InChI is InChI=1S/C21H23ClN4O3/c1-15(27)25-10-8-24(9-11-25)14-21(28)26-19(20-3-2-12-29-20)13-18(23-26)16-4-6-17(22)7-5-16/h2-7,12,19H,8-11,13-14H2,1H3/t19-/m0/s1. The topological polar surface area (TPSA) is 69.4 Å². The highest BCUT2D eigenvalue weighted by molar-refractivity contribution is 6.30. The molecule has 1 saturated heterocycles. The first kappa shape index (κ1) is 19.7. The molecule has 0 unspecified atom stereocenters. The van der Waals surface area contributed by atoms with E-state index in [1.165, 1.54) is 0 Å². The fraction of sp³-hybridized carbons (Fsp3) is 0.381. The van der Waals surface area contributed by atoms with E-state index < -0.39 is 0 Å². The number of benzene rings is 1. The first-order valence-corrected chi connectivity index (χ1v) is 10.1. The number of amides is 2. The summed E-state index contributed by atoms with van der Waals surface area (Å²) in [4.78, 5) is 28.5. The molecule has 4 rings (SSSR count). The van der Waals surface area contributed by atoms with Gasteiger partial charge in [-0.05, 0) is 29.8 Å². The highest BCUT2D eigenvalue weighted by Gasteiger charge is 2.35. The molecular formula is C21H23ClN4O3. The Bertz CT molecular complexity index is 903. The Morgan fingerprint density at radius 1 is 1.14 bits per heavy atom. The van der Waals surface area contributed by atoms with Crippen LogP contribution in [-0.4, -0.2) is 65.1 Å². The summed E-state index contributed by atoms with van der Waals surface area (Å²) in [7, 11) is 0. The number of hydrogen-bond acceptors (Lipinski definition) is 5. The van der Waals surface area contributed by atoms with Gasteiger partial charge in [-0.2, -0.15) is 5.10 Å². The van der Waals surface area contributed by atoms with Gasteiger partial charge in [0, 0.05) is 44.5 Å². The van der Waals surface area contributed by atoms with Crippen LogP contribution in [0.1, 0.15) is 30.7 Å². The van der Waals surface area contributed by atoms with E-state index in [1.54, 1.807) is 23.1 Å². The van der Waals surface area contributed by atoms with Crippen LogP contribution in [-0.2, 0) is 9.59 Å². The number of furan rings is 1. The van der Waals surface area contributed by atoms with E-state index in [4.69, 9.17) is 16.0 Å². The van der Waals surface area contributed by atoms with Crippen LogP contribution < -0.4 is 0 Å². The average molecular weight is 415 g/mol. The highest BCUT2D eigenvalue weighted by atomic mass is 35.5. The lowest BCUT2D eigenvalue weighted by molar-refractivity contribution is -0.135. The van der Waals surface area contributed by atoms with Crippen molar-refractivity contribution < 1.29 is 14.0 Å². The van der Waals surface area contributed by atoms with E-state index in [1.807, 2.05) is 36.4 Å². The van der Waals surface area contributed by atoms with Crippen molar-refractivity contribution >= 4 is 29.1 Å². The molecule has 0 aliphatic carbocycles. The van der Waals surface area contributed by atoms with Gasteiger partial charge in [0.25, 0.3) is 5.91 Å². The third-order valence-corrected chi connectivity index (χ3v) is 5.64. The maximum Gasteiger partial charge on any atom is 0.257 e. The number of nitrogens with zero attached hydrogens (tertiary/aromatic N) is 4. The van der Waals surface area contributed by atoms with E-state index in [2.05, 4.69) is 10.0 Å². The summed E-state index contributed by atoms with van der Waals surface area (Å²) >= 11 is 6.00. The monoisotopic (exact) mass is 414 g/mol. The quantitative estimate of drug-likeness (QED) is 0.771. The van der Waals surface area contributed by atoms with Crippen LogP contribution in [0.4, 0.5) is 0 Å². The first-order valence-electron chi connectivity index (χ1n) is 9.68. The smallest absolute Gasteiger partial charge is 0.257 e. The highest BCUT2D eigenvalue weighted by Crippen LogP contribution is 2.33. The minimum Gasteiger partial charge on any atom is -0.467 e. The fourth-order valence-electron chi connectivity index (χ4n) is 3.74. The lowest BCUT2D eigenvalue weighted by Gasteiger charge is -2.34. The molecule has 7 nitrogen and oxygen atoms in total. The van der Waals surface area contributed by atoms with Gasteiger partial charge >= 0.3 is 0 Å². The molecule has 0 radical (unpaired) electrons. The molecule has 1 fully saturated rings. The Balaban J connectivity index is 1.49. The lowest BCUT2D eigenvalue weighted by atomic mass is 10.0. The number of hydrogen-bond donors (Lipinski definition) is 0. The molecule has 1 aromatic heterocycles. The largest absolute Gasteiger partial charge is 0.467 e. The van der Waals surface area contributed by atoms with Gasteiger partial charge in [-0.25, -0.2) is 5.01 Å². The zero-order chi connectivity index (χ0) is 20.4. The van der Waals surface area contributed by atoms with Gasteiger partial charge in [-0.1, -0.05) is 23.7 Å². The van der Waals surface area contributed by atoms with Crippen molar-refractivity contribution in [3.05, 3.63) is 59.0 Å². The van der Waals surface area contributed by atoms with E-state index in [0.717, 1.165) is 11.3 Å². The van der Waals surface area contributed by atoms with Crippen molar-refractivity contribution in [1.29, 1.82) is 0 Å². The molecule has 29 heavy (non-hydrogen) atoms. The molecule has 0 saturated carbocycles. The Hall–Kier alpha value is -2.64. The Labute approximate surface area is 174 Å². The summed E-state index contributed by atoms with van der Waals surface area (Å²) in [6.45, 7) is 4.48. The molecule has 2 aliphatic rings. The normalized spacial score (nSPS) is 20.1. The predicted molar refractivity (Wildman–Crippen MR) is 110 cm³/mol. The van der Waals surface area contributed by atoms with E-state index in [9.17, 15) is 9.59 Å². The van der Waals surface area contributed by atoms with E-state index in [0.29, 0.717) is 43.4 Å². The van der Waals surface area contributed by atoms with E-state index >= 15 is 0 Å². The Morgan fingerprint density at radius 2 is 1.86 bits per heavy atom. The zero-order valence-corrected chi connectivity index (χ0v) is 17.0. The molecule has 1 atom stereocenters. The average Bonchev–Trinajstić information content (AvgIpc) is 3.39. The fourth-order valence-corrected chi connectivity index (χ4v) is 3.87. The summed E-state index contributed by atoms with van der Waals surface area (Å²) in [6.07, 6.45) is 2.19. The van der Waals surface area contributed by atoms with Crippen molar-refractivity contribution in [2.45, 2.75) is 19.4 Å². The zero-order valence-electron chi connectivity index (χ0n) is 16.3. The van der Waals surface area contributed by atoms with Crippen LogP contribution in [0.15, 0.2) is 52.2 Å². The van der Waals surface area contributed by atoms with Crippen LogP contribution in [0.2, 0.25) is 5.02 Å². The summed E-state index contributed by atoms with van der Waals surface area (Å²) in [5.74, 6) is 0.713. The second kappa shape index (κ2) is 8.39. The molecule has 2 amide bonds. The van der Waals surface area contributed by atoms with Crippen LogP contribution in [0.25, 0.3) is 0 Å². The van der Waals surface area contributed by atoms with Crippen LogP contribution in [0.5, 0.6) is 0 Å². The van der Waals surface area contributed by atoms with Crippen molar-refractivity contribution in [3.8, 4) is 0 Å². The maximum absolute atomic E-state index is 13.1. The number of rotatable bonds is 4. The first-order chi connectivity index (χ1) is 14.0. The number of carbonyl (C=O) groups excluding carboxylic acids is 2. The Kier molecular flexibility index (Phi) is 5.69. The molecule has 0 N–H and O–H groups in total. The summed E-state index contributed by atoms with van der Waals surface area (Å²) < 4.78 is 5.59. The maximum atomic E-state index is 13.1. The van der Waals surface area contributed by atoms with Crippen molar-refractivity contribution in [2.24, 2.45) is 5.10 Å². The SMILES string of the molecule is CC(=O)N1CCN(CC(=O)N2N=C(c3ccc(Cl)cc3)C[C@H]2c2ccco2)CC1. The molecule has 0 bridgehead atoms. The van der Waals surface area contributed by atoms with Crippen LogP contribution >= 0.6 is 11.6 Å². The second-order valence-electron chi connectivity index (χ2n) is 7.31. The van der Waals surface area contributed by atoms with Gasteiger partial charge < -0.3 is 9.32 Å². The molecule has 3 heterocycles. The lowest BCUT2D eigenvalue weighted by Crippen LogP contribution is -2.50. The van der Waals surface area contributed by atoms with Crippen molar-refractivity contribution in [2.75, 3.05) is 32.7 Å². The van der Waals surface area contributed by atoms with Gasteiger partial charge in [0.05, 0.1) is 18.5 Å². The summed E-state index contributed by atoms with van der Waals surface area (Å²) in [5, 5.41) is 6.84. The number of hydrazone groups is 1. The molecule has 152 valence electrons. The third-order valence-electron chi connectivity index (χ3n) is 5.39. The van der Waals surface area contributed by atoms with Gasteiger partial charge in [0.1, 0.15) is 11.8 Å². The summed E-state index contributed by atoms with van der Waals surface area (Å²) in [6, 6.07) is 10.9. The molecular weight excluding hydrogens is 392 g/mol. The van der Waals surface area contributed by atoms with Gasteiger partial charge in [-0.15, -0.1) is 0 Å². The van der Waals surface area contributed by atoms with Crippen molar-refractivity contribution in [1.82, 2.24) is 14.8 Å². The third kappa shape index (κ3) is 4.36. The second-order valence-corrected chi connectivity index (χ2v) is 7.75. The molecule has 2 aliphatic heterocycles. The molecule has 1 aromatic carbocycles. The van der Waals surface area contributed by atoms with E-state index in [-0.39, 0.29) is 24.4 Å². The minimum absolute atomic E-state index is 0.0746. The van der Waals surface area contributed by atoms with Gasteiger partial charge in [-0.3, -0.25) is 14.5 Å². The van der Waals surface area contributed by atoms with Crippen molar-refractivity contribution in [3.63, 3.8) is 0 Å². The molecule has 0 spiro atoms.